The van der Waals surface area contributed by atoms with Crippen LogP contribution in [0.2, 0.25) is 0 Å². The highest BCUT2D eigenvalue weighted by atomic mass is 32.1. The first-order chi connectivity index (χ1) is 16.4. The molecule has 4 aromatic carbocycles. The van der Waals surface area contributed by atoms with Crippen molar-refractivity contribution >= 4 is 75.7 Å². The third kappa shape index (κ3) is 3.93. The third-order valence-corrected chi connectivity index (χ3v) is 8.13. The van der Waals surface area contributed by atoms with E-state index in [1.54, 1.807) is 0 Å². The minimum atomic E-state index is 0.962. The molecule has 0 spiro atoms. The number of thiophene rings is 2. The van der Waals surface area contributed by atoms with E-state index in [2.05, 4.69) is 98.3 Å². The molecule has 0 aliphatic carbocycles. The topological polar surface area (TPSA) is 25.8 Å². The van der Waals surface area contributed by atoms with Crippen molar-refractivity contribution in [2.24, 2.45) is 0 Å². The molecule has 0 aliphatic rings. The van der Waals surface area contributed by atoms with E-state index in [-0.39, 0.29) is 0 Å². The van der Waals surface area contributed by atoms with Gasteiger partial charge in [-0.3, -0.25) is 0 Å². The lowest BCUT2D eigenvalue weighted by atomic mass is 10.1. The van der Waals surface area contributed by atoms with E-state index in [0.717, 1.165) is 22.1 Å². The lowest BCUT2D eigenvalue weighted by molar-refractivity contribution is 1.35. The van der Waals surface area contributed by atoms with E-state index in [9.17, 15) is 0 Å². The fourth-order valence-electron chi connectivity index (χ4n) is 4.48. The predicted octanol–water partition coefficient (Wildman–Crippen LogP) is 9.29. The number of fused-ring (bicyclic) bond motifs is 5. The number of benzene rings is 4. The number of aromatic nitrogens is 2. The Kier molecular flexibility index (Phi) is 5.09. The molecule has 0 atom stereocenters. The Morgan fingerprint density at radius 2 is 0.882 bits per heavy atom. The molecule has 3 aromatic heterocycles. The molecule has 34 heavy (non-hydrogen) atoms. The maximum Gasteiger partial charge on any atom is 0.0897 e. The van der Waals surface area contributed by atoms with E-state index in [4.69, 9.17) is 0 Å². The molecule has 0 fully saturated rings. The zero-order valence-electron chi connectivity index (χ0n) is 19.6. The van der Waals surface area contributed by atoms with Gasteiger partial charge in [-0.25, -0.2) is 9.97 Å². The monoisotopic (exact) mass is 476 g/mol. The molecule has 0 N–H and O–H groups in total. The average Bonchev–Trinajstić information content (AvgIpc) is 3.34. The van der Waals surface area contributed by atoms with Crippen LogP contribution in [-0.4, -0.2) is 9.97 Å². The summed E-state index contributed by atoms with van der Waals surface area (Å²) < 4.78 is 2.79. The minimum absolute atomic E-state index is 0.962. The van der Waals surface area contributed by atoms with Crippen molar-refractivity contribution in [2.45, 2.75) is 27.7 Å². The smallest absolute Gasteiger partial charge is 0.0897 e. The SMILES string of the molecule is Cc1cc2cc3cc4sc(C)cc4cc3cc2s1.Cc1ccc2nc3cc(C)ccc3nc2c1. The van der Waals surface area contributed by atoms with Crippen LogP contribution in [0.3, 0.4) is 0 Å². The highest BCUT2D eigenvalue weighted by molar-refractivity contribution is 7.19. The third-order valence-electron chi connectivity index (χ3n) is 6.10. The Hall–Kier alpha value is -3.34. The van der Waals surface area contributed by atoms with Gasteiger partial charge in [0.25, 0.3) is 0 Å². The predicted molar refractivity (Wildman–Crippen MR) is 151 cm³/mol. The van der Waals surface area contributed by atoms with Crippen molar-refractivity contribution in [3.8, 4) is 0 Å². The van der Waals surface area contributed by atoms with E-state index >= 15 is 0 Å². The first kappa shape index (κ1) is 21.2. The Bertz CT molecular complexity index is 1650. The van der Waals surface area contributed by atoms with Gasteiger partial charge in [0.2, 0.25) is 0 Å². The number of aryl methyl sites for hydroxylation is 4. The molecule has 0 bridgehead atoms. The number of hydrogen-bond acceptors (Lipinski definition) is 4. The Balaban J connectivity index is 0.000000129. The van der Waals surface area contributed by atoms with Gasteiger partial charge in [0.05, 0.1) is 22.1 Å². The molecule has 0 saturated carbocycles. The standard InChI is InChI=1S/C16H12S2.C14H12N2/c1-9-3-13-5-11-8-16-14(4-10(2)18-16)6-12(11)7-15(13)17-9;1-9-3-5-11-13(7-9)15-12-6-4-10(2)8-14(12)16-11/h3-8H,1-2H3;3-8H,1-2H3. The van der Waals surface area contributed by atoms with E-state index in [1.165, 1.54) is 51.8 Å². The zero-order chi connectivity index (χ0) is 23.4. The molecule has 0 aliphatic heterocycles. The highest BCUT2D eigenvalue weighted by Gasteiger charge is 2.05. The summed E-state index contributed by atoms with van der Waals surface area (Å²) in [6, 6.07) is 26.2. The molecule has 0 saturated heterocycles. The first-order valence-corrected chi connectivity index (χ1v) is 13.0. The van der Waals surface area contributed by atoms with Crippen LogP contribution < -0.4 is 0 Å². The largest absolute Gasteiger partial charge is 0.244 e. The van der Waals surface area contributed by atoms with Gasteiger partial charge in [-0.1, -0.05) is 12.1 Å². The second kappa shape index (κ2) is 8.15. The van der Waals surface area contributed by atoms with Gasteiger partial charge in [-0.15, -0.1) is 22.7 Å². The van der Waals surface area contributed by atoms with Gasteiger partial charge >= 0.3 is 0 Å². The minimum Gasteiger partial charge on any atom is -0.244 e. The summed E-state index contributed by atoms with van der Waals surface area (Å²) in [5.41, 5.74) is 6.29. The summed E-state index contributed by atoms with van der Waals surface area (Å²) in [4.78, 5) is 12.0. The Morgan fingerprint density at radius 3 is 1.32 bits per heavy atom. The normalized spacial score (nSPS) is 11.5. The summed E-state index contributed by atoms with van der Waals surface area (Å²) in [7, 11) is 0. The summed E-state index contributed by atoms with van der Waals surface area (Å²) in [6.45, 7) is 8.50. The second-order valence-corrected chi connectivity index (χ2v) is 11.6. The number of hydrogen-bond donors (Lipinski definition) is 0. The number of rotatable bonds is 0. The molecule has 7 rings (SSSR count). The van der Waals surface area contributed by atoms with Gasteiger partial charge in [-0.05, 0) is 121 Å². The van der Waals surface area contributed by atoms with E-state index < -0.39 is 0 Å². The average molecular weight is 477 g/mol. The van der Waals surface area contributed by atoms with Gasteiger partial charge in [0, 0.05) is 19.2 Å². The van der Waals surface area contributed by atoms with Crippen molar-refractivity contribution in [1.82, 2.24) is 9.97 Å². The molecule has 0 radical (unpaired) electrons. The van der Waals surface area contributed by atoms with Gasteiger partial charge in [-0.2, -0.15) is 0 Å². The van der Waals surface area contributed by atoms with Crippen LogP contribution in [-0.2, 0) is 0 Å². The Morgan fingerprint density at radius 1 is 0.441 bits per heavy atom. The van der Waals surface area contributed by atoms with Crippen LogP contribution in [0.4, 0.5) is 0 Å². The maximum absolute atomic E-state index is 4.62. The lowest BCUT2D eigenvalue weighted by Gasteiger charge is -2.02. The summed E-state index contributed by atoms with van der Waals surface area (Å²) in [5.74, 6) is 0. The summed E-state index contributed by atoms with van der Waals surface area (Å²) in [6.07, 6.45) is 0. The van der Waals surface area contributed by atoms with Crippen molar-refractivity contribution in [2.75, 3.05) is 0 Å². The van der Waals surface area contributed by atoms with Gasteiger partial charge in [0.1, 0.15) is 0 Å². The van der Waals surface area contributed by atoms with Crippen molar-refractivity contribution in [3.05, 3.63) is 93.7 Å². The lowest BCUT2D eigenvalue weighted by Crippen LogP contribution is -1.88. The molecule has 3 heterocycles. The van der Waals surface area contributed by atoms with Crippen LogP contribution >= 0.6 is 22.7 Å². The number of nitrogens with zero attached hydrogens (tertiary/aromatic N) is 2. The summed E-state index contributed by atoms with van der Waals surface area (Å²) in [5, 5.41) is 5.46. The molecule has 4 heteroatoms. The first-order valence-electron chi connectivity index (χ1n) is 11.4. The molecule has 2 nitrogen and oxygen atoms in total. The van der Waals surface area contributed by atoms with Gasteiger partial charge in [0.15, 0.2) is 0 Å². The fourth-order valence-corrected chi connectivity index (χ4v) is 6.39. The van der Waals surface area contributed by atoms with Crippen LogP contribution in [0.5, 0.6) is 0 Å². The molecular weight excluding hydrogens is 452 g/mol. The second-order valence-electron chi connectivity index (χ2n) is 9.05. The van der Waals surface area contributed by atoms with Crippen LogP contribution in [0.1, 0.15) is 20.9 Å². The van der Waals surface area contributed by atoms with Crippen LogP contribution in [0.25, 0.3) is 53.0 Å². The Labute approximate surface area is 206 Å². The molecule has 7 aromatic rings. The van der Waals surface area contributed by atoms with Crippen molar-refractivity contribution in [3.63, 3.8) is 0 Å². The molecule has 0 unspecified atom stereocenters. The molecule has 0 amide bonds. The van der Waals surface area contributed by atoms with Crippen molar-refractivity contribution in [1.29, 1.82) is 0 Å². The van der Waals surface area contributed by atoms with Crippen LogP contribution in [0, 0.1) is 27.7 Å². The highest BCUT2D eigenvalue weighted by Crippen LogP contribution is 2.34. The van der Waals surface area contributed by atoms with Crippen LogP contribution in [0.15, 0.2) is 72.8 Å². The zero-order valence-corrected chi connectivity index (χ0v) is 21.3. The van der Waals surface area contributed by atoms with Gasteiger partial charge < -0.3 is 0 Å². The molecule has 166 valence electrons. The quantitative estimate of drug-likeness (QED) is 0.204. The van der Waals surface area contributed by atoms with Crippen molar-refractivity contribution < 1.29 is 0 Å². The molecular formula is C30H24N2S2. The summed E-state index contributed by atoms with van der Waals surface area (Å²) >= 11 is 3.76. The fraction of sp³-hybridized carbons (Fsp3) is 0.133. The van der Waals surface area contributed by atoms with E-state index in [1.807, 2.05) is 34.8 Å². The maximum atomic E-state index is 4.62. The van der Waals surface area contributed by atoms with E-state index in [0.29, 0.717) is 0 Å².